The maximum absolute atomic E-state index is 13.7. The molecule has 0 aliphatic heterocycles. The number of aromatic nitrogens is 1. The maximum atomic E-state index is 13.7. The number of carbonyl (C=O) groups is 1. The Kier molecular flexibility index (Phi) is 6.05. The number of aryl methyl sites for hydroxylation is 1. The van der Waals surface area contributed by atoms with Crippen molar-refractivity contribution < 1.29 is 13.2 Å². The van der Waals surface area contributed by atoms with Crippen molar-refractivity contribution in [2.24, 2.45) is 0 Å². The molecule has 0 unspecified atom stereocenters. The van der Waals surface area contributed by atoms with E-state index in [1.165, 1.54) is 24.4 Å². The first-order chi connectivity index (χ1) is 14.6. The third-order valence-electron chi connectivity index (χ3n) is 5.00. The molecule has 2 aromatic carbocycles. The highest BCUT2D eigenvalue weighted by Gasteiger charge is 2.28. The van der Waals surface area contributed by atoms with Gasteiger partial charge in [0.1, 0.15) is 17.3 Å². The summed E-state index contributed by atoms with van der Waals surface area (Å²) in [5, 5.41) is 10.1. The predicted molar refractivity (Wildman–Crippen MR) is 122 cm³/mol. The van der Waals surface area contributed by atoms with E-state index < -0.39 is 15.8 Å². The largest absolute Gasteiger partial charge is 0.382 e. The number of ketones is 1. The average Bonchev–Trinajstić information content (AvgIpc) is 3.11. The zero-order chi connectivity index (χ0) is 22.9. The fraction of sp³-hybridized carbons (Fsp3) is 0.250. The van der Waals surface area contributed by atoms with Crippen LogP contribution in [-0.4, -0.2) is 37.2 Å². The lowest BCUT2D eigenvalue weighted by Crippen LogP contribution is -2.20. The Morgan fingerprint density at radius 1 is 1.10 bits per heavy atom. The van der Waals surface area contributed by atoms with Crippen molar-refractivity contribution >= 4 is 26.7 Å². The number of Topliss-reactive ketones (excluding diaryl/α,β-unsaturated/α-hetero) is 1. The van der Waals surface area contributed by atoms with Crippen LogP contribution in [0.3, 0.4) is 0 Å². The Bertz CT molecular complexity index is 1320. The number of nitrogens with zero attached hydrogens (tertiary/aromatic N) is 3. The summed E-state index contributed by atoms with van der Waals surface area (Å²) in [5.74, 6) is -0.466. The van der Waals surface area contributed by atoms with Crippen LogP contribution in [-0.2, 0) is 10.0 Å². The molecule has 0 atom stereocenters. The van der Waals surface area contributed by atoms with E-state index in [1.807, 2.05) is 39.0 Å². The van der Waals surface area contributed by atoms with Gasteiger partial charge in [0, 0.05) is 25.7 Å². The number of fused-ring (bicyclic) bond motifs is 1. The minimum atomic E-state index is -4.08. The summed E-state index contributed by atoms with van der Waals surface area (Å²) in [6.07, 6.45) is 1.39. The molecule has 3 rings (SSSR count). The number of rotatable bonds is 6. The second-order valence-corrected chi connectivity index (χ2v) is 9.82. The zero-order valence-corrected chi connectivity index (χ0v) is 19.1. The van der Waals surface area contributed by atoms with Gasteiger partial charge in [0.25, 0.3) is 10.0 Å². The van der Waals surface area contributed by atoms with Crippen molar-refractivity contribution in [2.45, 2.75) is 31.6 Å². The van der Waals surface area contributed by atoms with Crippen molar-refractivity contribution in [3.8, 4) is 6.07 Å². The molecule has 0 saturated carbocycles. The molecule has 6 nitrogen and oxygen atoms in total. The zero-order valence-electron chi connectivity index (χ0n) is 18.2. The van der Waals surface area contributed by atoms with Crippen LogP contribution >= 0.6 is 0 Å². The monoisotopic (exact) mass is 435 g/mol. The van der Waals surface area contributed by atoms with Crippen molar-refractivity contribution in [3.63, 3.8) is 0 Å². The van der Waals surface area contributed by atoms with Gasteiger partial charge in [0.15, 0.2) is 0 Å². The van der Waals surface area contributed by atoms with Crippen LogP contribution in [0.5, 0.6) is 0 Å². The minimum Gasteiger partial charge on any atom is -0.382 e. The molecule has 0 radical (unpaired) electrons. The fourth-order valence-corrected chi connectivity index (χ4v) is 4.82. The van der Waals surface area contributed by atoms with Crippen LogP contribution in [0.1, 0.15) is 41.4 Å². The highest BCUT2D eigenvalue weighted by atomic mass is 32.2. The number of nitriles is 1. The summed E-state index contributed by atoms with van der Waals surface area (Å²) in [6, 6.07) is 15.4. The van der Waals surface area contributed by atoms with Gasteiger partial charge in [-0.1, -0.05) is 43.7 Å². The molecule has 3 aromatic rings. The van der Waals surface area contributed by atoms with Gasteiger partial charge in [0.2, 0.25) is 5.78 Å². The third kappa shape index (κ3) is 4.25. The Hall–Kier alpha value is -3.37. The minimum absolute atomic E-state index is 0.0638. The molecule has 1 heterocycles. The molecule has 0 N–H and O–H groups in total. The standard InChI is InChI=1S/C24H25N3O3S/c1-16(2)18-8-9-19-13-23(24(28)20(14-25)15-26(4)5)27(22(19)12-18)31(29,30)21-10-6-17(3)7-11-21/h6-13,15-16H,1-5H3/b20-15-. The first-order valence-corrected chi connectivity index (χ1v) is 11.3. The summed E-state index contributed by atoms with van der Waals surface area (Å²) >= 11 is 0. The second kappa shape index (κ2) is 8.40. The normalized spacial score (nSPS) is 12.2. The van der Waals surface area contributed by atoms with Crippen molar-refractivity contribution in [3.05, 3.63) is 77.1 Å². The summed E-state index contributed by atoms with van der Waals surface area (Å²) < 4.78 is 28.4. The Morgan fingerprint density at radius 3 is 2.29 bits per heavy atom. The fourth-order valence-electron chi connectivity index (χ4n) is 3.32. The summed E-state index contributed by atoms with van der Waals surface area (Å²) in [7, 11) is -0.697. The predicted octanol–water partition coefficient (Wildman–Crippen LogP) is 4.46. The van der Waals surface area contributed by atoms with Crippen LogP contribution in [0.4, 0.5) is 0 Å². The third-order valence-corrected chi connectivity index (χ3v) is 6.74. The molecule has 31 heavy (non-hydrogen) atoms. The summed E-state index contributed by atoms with van der Waals surface area (Å²) in [4.78, 5) is 14.9. The highest BCUT2D eigenvalue weighted by molar-refractivity contribution is 7.90. The van der Waals surface area contributed by atoms with Gasteiger partial charge in [-0.3, -0.25) is 4.79 Å². The van der Waals surface area contributed by atoms with Crippen LogP contribution in [0.25, 0.3) is 10.9 Å². The van der Waals surface area contributed by atoms with Crippen molar-refractivity contribution in [2.75, 3.05) is 14.1 Å². The van der Waals surface area contributed by atoms with E-state index in [2.05, 4.69) is 0 Å². The van der Waals surface area contributed by atoms with Crippen LogP contribution in [0.2, 0.25) is 0 Å². The maximum Gasteiger partial charge on any atom is 0.268 e. The molecular formula is C24H25N3O3S. The van der Waals surface area contributed by atoms with E-state index in [-0.39, 0.29) is 22.1 Å². The highest BCUT2D eigenvalue weighted by Crippen LogP contribution is 2.30. The lowest BCUT2D eigenvalue weighted by atomic mass is 10.0. The molecule has 0 aliphatic carbocycles. The molecule has 160 valence electrons. The van der Waals surface area contributed by atoms with E-state index >= 15 is 0 Å². The first-order valence-electron chi connectivity index (χ1n) is 9.87. The molecular weight excluding hydrogens is 410 g/mol. The lowest BCUT2D eigenvalue weighted by molar-refractivity contribution is 0.103. The van der Waals surface area contributed by atoms with Crippen LogP contribution in [0, 0.1) is 18.3 Å². The molecule has 0 fully saturated rings. The van der Waals surface area contributed by atoms with Crippen molar-refractivity contribution in [1.82, 2.24) is 8.87 Å². The van der Waals surface area contributed by atoms with Gasteiger partial charge >= 0.3 is 0 Å². The summed E-state index contributed by atoms with van der Waals surface area (Å²) in [6.45, 7) is 5.90. The van der Waals surface area contributed by atoms with Gasteiger partial charge in [-0.05, 0) is 42.7 Å². The molecule has 0 spiro atoms. The van der Waals surface area contributed by atoms with Gasteiger partial charge in [-0.25, -0.2) is 12.4 Å². The Balaban J connectivity index is 2.37. The molecule has 0 amide bonds. The second-order valence-electron chi connectivity index (χ2n) is 8.03. The molecule has 1 aromatic heterocycles. The summed E-state index contributed by atoms with van der Waals surface area (Å²) in [5.41, 5.74) is 2.09. The van der Waals surface area contributed by atoms with E-state index in [0.717, 1.165) is 15.1 Å². The topological polar surface area (TPSA) is 83.2 Å². The molecule has 7 heteroatoms. The Labute approximate surface area is 183 Å². The van der Waals surface area contributed by atoms with E-state index in [4.69, 9.17) is 0 Å². The lowest BCUT2D eigenvalue weighted by Gasteiger charge is -2.13. The Morgan fingerprint density at radius 2 is 1.74 bits per heavy atom. The number of hydrogen-bond donors (Lipinski definition) is 0. The van der Waals surface area contributed by atoms with Crippen molar-refractivity contribution in [1.29, 1.82) is 5.26 Å². The number of hydrogen-bond acceptors (Lipinski definition) is 5. The van der Waals surface area contributed by atoms with Gasteiger partial charge in [-0.2, -0.15) is 5.26 Å². The van der Waals surface area contributed by atoms with Gasteiger partial charge < -0.3 is 4.90 Å². The number of benzene rings is 2. The van der Waals surface area contributed by atoms with Crippen LogP contribution in [0.15, 0.2) is 65.2 Å². The van der Waals surface area contributed by atoms with E-state index in [0.29, 0.717) is 10.9 Å². The quantitative estimate of drug-likeness (QED) is 0.324. The van der Waals surface area contributed by atoms with E-state index in [9.17, 15) is 18.5 Å². The van der Waals surface area contributed by atoms with Gasteiger partial charge in [-0.15, -0.1) is 0 Å². The number of allylic oxidation sites excluding steroid dienone is 1. The van der Waals surface area contributed by atoms with Crippen LogP contribution < -0.4 is 0 Å². The van der Waals surface area contributed by atoms with Gasteiger partial charge in [0.05, 0.1) is 10.4 Å². The molecule has 0 saturated heterocycles. The van der Waals surface area contributed by atoms with E-state index in [1.54, 1.807) is 37.2 Å². The molecule has 0 bridgehead atoms. The average molecular weight is 436 g/mol. The SMILES string of the molecule is Cc1ccc(S(=O)(=O)n2c(C(=O)/C(C#N)=C\N(C)C)cc3ccc(C(C)C)cc32)cc1. The molecule has 0 aliphatic rings. The number of carbonyl (C=O) groups excluding carboxylic acids is 1. The first kappa shape index (κ1) is 22.3. The smallest absolute Gasteiger partial charge is 0.268 e.